The van der Waals surface area contributed by atoms with E-state index in [2.05, 4.69) is 15.9 Å². The van der Waals surface area contributed by atoms with Crippen molar-refractivity contribution in [3.05, 3.63) is 55.9 Å². The Bertz CT molecular complexity index is 509. The largest absolute Gasteiger partial charge is 0.207 e. The van der Waals surface area contributed by atoms with Gasteiger partial charge in [0, 0.05) is 19.8 Å². The van der Waals surface area contributed by atoms with Crippen LogP contribution in [0, 0.1) is 12.7 Å². The third-order valence-corrected chi connectivity index (χ3v) is 4.40. The van der Waals surface area contributed by atoms with Crippen LogP contribution < -0.4 is 0 Å². The van der Waals surface area contributed by atoms with E-state index in [0.717, 1.165) is 9.35 Å². The first-order valence-electron chi connectivity index (χ1n) is 4.73. The number of hydrogen-bond acceptors (Lipinski definition) is 1. The molecule has 1 aromatic heterocycles. The van der Waals surface area contributed by atoms with E-state index >= 15 is 0 Å². The van der Waals surface area contributed by atoms with Crippen molar-refractivity contribution in [3.63, 3.8) is 0 Å². The highest BCUT2D eigenvalue weighted by atomic mass is 79.9. The lowest BCUT2D eigenvalue weighted by molar-refractivity contribution is 0.612. The first kappa shape index (κ1) is 12.1. The van der Waals surface area contributed by atoms with Gasteiger partial charge in [0.25, 0.3) is 0 Å². The highest BCUT2D eigenvalue weighted by Crippen LogP contribution is 2.35. The van der Waals surface area contributed by atoms with E-state index in [1.807, 2.05) is 19.1 Å². The summed E-state index contributed by atoms with van der Waals surface area (Å²) >= 11 is 11.2. The van der Waals surface area contributed by atoms with E-state index < -0.39 is 5.38 Å². The Morgan fingerprint density at radius 3 is 2.69 bits per heavy atom. The zero-order valence-electron chi connectivity index (χ0n) is 8.51. The minimum absolute atomic E-state index is 0.269. The Hall–Kier alpha value is -0.380. The van der Waals surface area contributed by atoms with Gasteiger partial charge in [-0.3, -0.25) is 0 Å². The zero-order valence-corrected chi connectivity index (χ0v) is 11.7. The van der Waals surface area contributed by atoms with Crippen LogP contribution in [-0.2, 0) is 0 Å². The fourth-order valence-corrected chi connectivity index (χ4v) is 3.08. The van der Waals surface area contributed by atoms with Gasteiger partial charge < -0.3 is 0 Å². The first-order valence-corrected chi connectivity index (χ1v) is 6.78. The predicted molar refractivity (Wildman–Crippen MR) is 70.9 cm³/mol. The van der Waals surface area contributed by atoms with E-state index in [4.69, 9.17) is 11.6 Å². The second-order valence-electron chi connectivity index (χ2n) is 3.48. The summed E-state index contributed by atoms with van der Waals surface area (Å²) < 4.78 is 14.4. The quantitative estimate of drug-likeness (QED) is 0.660. The number of alkyl halides is 1. The third-order valence-electron chi connectivity index (χ3n) is 2.24. The van der Waals surface area contributed by atoms with Crippen molar-refractivity contribution in [2.45, 2.75) is 12.3 Å². The van der Waals surface area contributed by atoms with E-state index in [1.54, 1.807) is 23.5 Å². The maximum atomic E-state index is 13.6. The van der Waals surface area contributed by atoms with Crippen molar-refractivity contribution in [2.24, 2.45) is 0 Å². The van der Waals surface area contributed by atoms with E-state index in [1.165, 1.54) is 10.9 Å². The maximum Gasteiger partial charge on any atom is 0.128 e. The Balaban J connectivity index is 2.40. The molecule has 0 N–H and O–H groups in total. The smallest absolute Gasteiger partial charge is 0.128 e. The van der Waals surface area contributed by atoms with Gasteiger partial charge in [-0.15, -0.1) is 22.9 Å². The van der Waals surface area contributed by atoms with Crippen molar-refractivity contribution in [1.82, 2.24) is 0 Å². The first-order chi connectivity index (χ1) is 7.58. The highest BCUT2D eigenvalue weighted by molar-refractivity contribution is 9.10. The molecule has 4 heteroatoms. The van der Waals surface area contributed by atoms with E-state index in [-0.39, 0.29) is 5.82 Å². The van der Waals surface area contributed by atoms with Gasteiger partial charge >= 0.3 is 0 Å². The Morgan fingerprint density at radius 2 is 2.06 bits per heavy atom. The average Bonchev–Trinajstić information content (AvgIpc) is 2.67. The van der Waals surface area contributed by atoms with Crippen LogP contribution >= 0.6 is 38.9 Å². The zero-order chi connectivity index (χ0) is 11.7. The van der Waals surface area contributed by atoms with Crippen LogP contribution in [0.5, 0.6) is 0 Å². The summed E-state index contributed by atoms with van der Waals surface area (Å²) in [6, 6.07) is 8.75. The average molecular weight is 320 g/mol. The summed E-state index contributed by atoms with van der Waals surface area (Å²) in [5.41, 5.74) is 0.512. The van der Waals surface area contributed by atoms with Gasteiger partial charge in [0.2, 0.25) is 0 Å². The molecule has 1 heterocycles. The lowest BCUT2D eigenvalue weighted by Crippen LogP contribution is -1.94. The standard InChI is InChI=1S/C12H9BrClFS/c1-7-2-5-11(16-7)12(14)9-6-8(13)3-4-10(9)15/h2-6,12H,1H3. The summed E-state index contributed by atoms with van der Waals surface area (Å²) in [5.74, 6) is -0.269. The molecule has 0 aliphatic carbocycles. The lowest BCUT2D eigenvalue weighted by atomic mass is 10.1. The van der Waals surface area contributed by atoms with Crippen molar-refractivity contribution in [2.75, 3.05) is 0 Å². The molecule has 1 aromatic carbocycles. The van der Waals surface area contributed by atoms with Crippen molar-refractivity contribution < 1.29 is 4.39 Å². The van der Waals surface area contributed by atoms with Gasteiger partial charge in [0.1, 0.15) is 5.82 Å². The normalized spacial score (nSPS) is 12.8. The van der Waals surface area contributed by atoms with Crippen LogP contribution in [0.15, 0.2) is 34.8 Å². The molecular weight excluding hydrogens is 311 g/mol. The SMILES string of the molecule is Cc1ccc(C(Cl)c2cc(Br)ccc2F)s1. The van der Waals surface area contributed by atoms with Crippen molar-refractivity contribution in [3.8, 4) is 0 Å². The van der Waals surface area contributed by atoms with Crippen LogP contribution in [0.3, 0.4) is 0 Å². The molecule has 0 amide bonds. The molecule has 0 radical (unpaired) electrons. The maximum absolute atomic E-state index is 13.6. The fraction of sp³-hybridized carbons (Fsp3) is 0.167. The Morgan fingerprint density at radius 1 is 1.31 bits per heavy atom. The second kappa shape index (κ2) is 4.86. The second-order valence-corrected chi connectivity index (χ2v) is 6.15. The van der Waals surface area contributed by atoms with Crippen LogP contribution in [0.1, 0.15) is 20.7 Å². The molecule has 0 bridgehead atoms. The number of hydrogen-bond donors (Lipinski definition) is 0. The molecule has 2 aromatic rings. The molecular formula is C12H9BrClFS. The number of halogens is 3. The van der Waals surface area contributed by atoms with Crippen LogP contribution in [0.4, 0.5) is 4.39 Å². The van der Waals surface area contributed by atoms with Crippen molar-refractivity contribution >= 4 is 38.9 Å². The lowest BCUT2D eigenvalue weighted by Gasteiger charge is -2.09. The topological polar surface area (TPSA) is 0 Å². The molecule has 16 heavy (non-hydrogen) atoms. The summed E-state index contributed by atoms with van der Waals surface area (Å²) in [4.78, 5) is 2.15. The van der Waals surface area contributed by atoms with Crippen molar-refractivity contribution in [1.29, 1.82) is 0 Å². The molecule has 2 rings (SSSR count). The Kier molecular flexibility index (Phi) is 3.67. The van der Waals surface area contributed by atoms with Crippen LogP contribution in [-0.4, -0.2) is 0 Å². The molecule has 84 valence electrons. The number of benzene rings is 1. The van der Waals surface area contributed by atoms with Gasteiger partial charge in [-0.25, -0.2) is 4.39 Å². The van der Waals surface area contributed by atoms with E-state index in [9.17, 15) is 4.39 Å². The van der Waals surface area contributed by atoms with Gasteiger partial charge in [0.15, 0.2) is 0 Å². The summed E-state index contributed by atoms with van der Waals surface area (Å²) in [6.07, 6.45) is 0. The molecule has 0 saturated heterocycles. The molecule has 0 spiro atoms. The predicted octanol–water partition coefficient (Wildman–Crippen LogP) is 5.29. The monoisotopic (exact) mass is 318 g/mol. The Labute approximate surface area is 111 Å². The number of aryl methyl sites for hydroxylation is 1. The molecule has 0 nitrogen and oxygen atoms in total. The molecule has 0 aliphatic heterocycles. The summed E-state index contributed by atoms with van der Waals surface area (Å²) in [5, 5.41) is -0.420. The van der Waals surface area contributed by atoms with Crippen LogP contribution in [0.25, 0.3) is 0 Å². The molecule has 1 unspecified atom stereocenters. The summed E-state index contributed by atoms with van der Waals surface area (Å²) in [6.45, 7) is 2.01. The number of rotatable bonds is 2. The number of thiophene rings is 1. The van der Waals surface area contributed by atoms with Gasteiger partial charge in [-0.2, -0.15) is 0 Å². The third kappa shape index (κ3) is 2.47. The molecule has 0 saturated carbocycles. The van der Waals surface area contributed by atoms with Gasteiger partial charge in [-0.05, 0) is 37.3 Å². The highest BCUT2D eigenvalue weighted by Gasteiger charge is 2.17. The summed E-state index contributed by atoms with van der Waals surface area (Å²) in [7, 11) is 0. The van der Waals surface area contributed by atoms with Gasteiger partial charge in [0.05, 0.1) is 5.38 Å². The molecule has 1 atom stereocenters. The minimum atomic E-state index is -0.420. The van der Waals surface area contributed by atoms with E-state index in [0.29, 0.717) is 5.56 Å². The fourth-order valence-electron chi connectivity index (χ4n) is 1.45. The minimum Gasteiger partial charge on any atom is -0.207 e. The van der Waals surface area contributed by atoms with Crippen LogP contribution in [0.2, 0.25) is 0 Å². The molecule has 0 fully saturated rings. The van der Waals surface area contributed by atoms with Gasteiger partial charge in [-0.1, -0.05) is 15.9 Å². The molecule has 0 aliphatic rings.